The zero-order chi connectivity index (χ0) is 12.5. The summed E-state index contributed by atoms with van der Waals surface area (Å²) in [6, 6.07) is 2.50. The van der Waals surface area contributed by atoms with Crippen LogP contribution in [0.4, 0.5) is 11.4 Å². The van der Waals surface area contributed by atoms with Crippen LogP contribution in [0.1, 0.15) is 12.5 Å². The van der Waals surface area contributed by atoms with E-state index in [0.717, 1.165) is 6.07 Å². The maximum absolute atomic E-state index is 11.0. The first-order chi connectivity index (χ1) is 7.21. The van der Waals surface area contributed by atoms with Crippen LogP contribution < -0.4 is 11.1 Å². The average Bonchev–Trinajstić information content (AvgIpc) is 2.06. The molecule has 0 spiro atoms. The Morgan fingerprint density at radius 2 is 2.00 bits per heavy atom. The van der Waals surface area contributed by atoms with Crippen molar-refractivity contribution in [3.05, 3.63) is 17.7 Å². The van der Waals surface area contributed by atoms with Crippen LogP contribution in [-0.4, -0.2) is 18.9 Å². The third-order valence-electron chi connectivity index (χ3n) is 1.95. The van der Waals surface area contributed by atoms with E-state index in [1.54, 1.807) is 6.92 Å². The van der Waals surface area contributed by atoms with E-state index < -0.39 is 15.0 Å². The number of anilines is 2. The third-order valence-corrected chi connectivity index (χ3v) is 2.85. The molecule has 0 atom stereocenters. The molecule has 0 aliphatic rings. The summed E-state index contributed by atoms with van der Waals surface area (Å²) in [6.45, 7) is 2.96. The average molecular weight is 244 g/mol. The standard InChI is InChI=1S/C9H12N2O4S/c1-5-3-7(10)9(16(13,14)15)4-8(5)11-6(2)12/h3-4H,10H2,1-2H3,(H,11,12)(H,13,14,15). The minimum Gasteiger partial charge on any atom is -0.398 e. The molecule has 88 valence electrons. The van der Waals surface area contributed by atoms with Crippen LogP contribution in [0, 0.1) is 6.92 Å². The van der Waals surface area contributed by atoms with Gasteiger partial charge in [-0.3, -0.25) is 9.35 Å². The molecule has 0 unspecified atom stereocenters. The molecule has 1 aromatic rings. The minimum atomic E-state index is -4.38. The van der Waals surface area contributed by atoms with E-state index in [4.69, 9.17) is 10.3 Å². The molecule has 6 nitrogen and oxygen atoms in total. The Labute approximate surface area is 93.2 Å². The quantitative estimate of drug-likeness (QED) is 0.526. The zero-order valence-electron chi connectivity index (χ0n) is 8.81. The molecular formula is C9H12N2O4S. The lowest BCUT2D eigenvalue weighted by Gasteiger charge is -2.10. The molecule has 1 aromatic carbocycles. The first-order valence-corrected chi connectivity index (χ1v) is 5.81. The van der Waals surface area contributed by atoms with Crippen molar-refractivity contribution in [2.24, 2.45) is 0 Å². The van der Waals surface area contributed by atoms with Crippen LogP contribution in [0.2, 0.25) is 0 Å². The number of benzene rings is 1. The number of nitrogens with one attached hydrogen (secondary N) is 1. The van der Waals surface area contributed by atoms with E-state index in [0.29, 0.717) is 11.3 Å². The highest BCUT2D eigenvalue weighted by molar-refractivity contribution is 7.86. The Hall–Kier alpha value is -1.60. The number of carbonyl (C=O) groups excluding carboxylic acids is 1. The third kappa shape index (κ3) is 2.71. The van der Waals surface area contributed by atoms with E-state index in [9.17, 15) is 13.2 Å². The van der Waals surface area contributed by atoms with Crippen molar-refractivity contribution in [1.82, 2.24) is 0 Å². The van der Waals surface area contributed by atoms with E-state index in [1.165, 1.54) is 13.0 Å². The molecule has 0 saturated heterocycles. The molecule has 0 aliphatic carbocycles. The molecule has 16 heavy (non-hydrogen) atoms. The summed E-state index contributed by atoms with van der Waals surface area (Å²) in [5.74, 6) is -0.339. The second-order valence-corrected chi connectivity index (χ2v) is 4.75. The smallest absolute Gasteiger partial charge is 0.296 e. The summed E-state index contributed by atoms with van der Waals surface area (Å²) >= 11 is 0. The Balaban J connectivity index is 3.38. The van der Waals surface area contributed by atoms with Crippen LogP contribution in [0.25, 0.3) is 0 Å². The second kappa shape index (κ2) is 4.11. The van der Waals surface area contributed by atoms with Gasteiger partial charge in [0.1, 0.15) is 4.90 Å². The van der Waals surface area contributed by atoms with E-state index in [2.05, 4.69) is 5.32 Å². The number of hydrogen-bond donors (Lipinski definition) is 3. The molecule has 0 bridgehead atoms. The van der Waals surface area contributed by atoms with Gasteiger partial charge in [0, 0.05) is 12.6 Å². The van der Waals surface area contributed by atoms with Gasteiger partial charge in [0.15, 0.2) is 0 Å². The van der Waals surface area contributed by atoms with Crippen molar-refractivity contribution in [3.63, 3.8) is 0 Å². The molecule has 0 aromatic heterocycles. The first-order valence-electron chi connectivity index (χ1n) is 4.37. The van der Waals surface area contributed by atoms with Crippen molar-refractivity contribution < 1.29 is 17.8 Å². The van der Waals surface area contributed by atoms with E-state index in [1.807, 2.05) is 0 Å². The second-order valence-electron chi connectivity index (χ2n) is 3.36. The van der Waals surface area contributed by atoms with Gasteiger partial charge in [-0.1, -0.05) is 0 Å². The number of carbonyl (C=O) groups is 1. The Kier molecular flexibility index (Phi) is 3.20. The van der Waals surface area contributed by atoms with Crippen LogP contribution in [0.15, 0.2) is 17.0 Å². The lowest BCUT2D eigenvalue weighted by molar-refractivity contribution is -0.114. The molecule has 0 heterocycles. The monoisotopic (exact) mass is 244 g/mol. The van der Waals surface area contributed by atoms with Gasteiger partial charge in [0.05, 0.1) is 5.69 Å². The number of nitrogens with two attached hydrogens (primary N) is 1. The Morgan fingerprint density at radius 3 is 2.44 bits per heavy atom. The predicted octanol–water partition coefficient (Wildman–Crippen LogP) is 0.782. The molecule has 0 aliphatic heterocycles. The largest absolute Gasteiger partial charge is 0.398 e. The summed E-state index contributed by atoms with van der Waals surface area (Å²) in [5.41, 5.74) is 6.31. The molecule has 0 fully saturated rings. The SMILES string of the molecule is CC(=O)Nc1cc(S(=O)(=O)O)c(N)cc1C. The predicted molar refractivity (Wildman–Crippen MR) is 59.7 cm³/mol. The molecule has 7 heteroatoms. The van der Waals surface area contributed by atoms with E-state index >= 15 is 0 Å². The highest BCUT2D eigenvalue weighted by Crippen LogP contribution is 2.26. The highest BCUT2D eigenvalue weighted by Gasteiger charge is 2.16. The topological polar surface area (TPSA) is 109 Å². The van der Waals surface area contributed by atoms with Crippen molar-refractivity contribution >= 4 is 27.4 Å². The van der Waals surface area contributed by atoms with Gasteiger partial charge in [0.2, 0.25) is 5.91 Å². The van der Waals surface area contributed by atoms with Gasteiger partial charge >= 0.3 is 0 Å². The first kappa shape index (κ1) is 12.5. The van der Waals surface area contributed by atoms with Crippen LogP contribution in [0.3, 0.4) is 0 Å². The number of amides is 1. The van der Waals surface area contributed by atoms with Gasteiger partial charge < -0.3 is 11.1 Å². The summed E-state index contributed by atoms with van der Waals surface area (Å²) in [4.78, 5) is 10.4. The van der Waals surface area contributed by atoms with Gasteiger partial charge in [-0.2, -0.15) is 8.42 Å². The van der Waals surface area contributed by atoms with Crippen molar-refractivity contribution in [3.8, 4) is 0 Å². The highest BCUT2D eigenvalue weighted by atomic mass is 32.2. The van der Waals surface area contributed by atoms with Gasteiger partial charge in [-0.15, -0.1) is 0 Å². The molecular weight excluding hydrogens is 232 g/mol. The number of hydrogen-bond acceptors (Lipinski definition) is 4. The summed E-state index contributed by atoms with van der Waals surface area (Å²) in [5, 5.41) is 2.44. The fourth-order valence-electron chi connectivity index (χ4n) is 1.26. The summed E-state index contributed by atoms with van der Waals surface area (Å²) < 4.78 is 30.8. The van der Waals surface area contributed by atoms with Crippen LogP contribution in [0.5, 0.6) is 0 Å². The van der Waals surface area contributed by atoms with Crippen LogP contribution >= 0.6 is 0 Å². The molecule has 1 rings (SSSR count). The molecule has 0 saturated carbocycles. The maximum atomic E-state index is 11.0. The minimum absolute atomic E-state index is 0.0610. The maximum Gasteiger partial charge on any atom is 0.296 e. The van der Waals surface area contributed by atoms with Crippen molar-refractivity contribution in [2.75, 3.05) is 11.1 Å². The molecule has 1 amide bonds. The Morgan fingerprint density at radius 1 is 1.44 bits per heavy atom. The lowest BCUT2D eigenvalue weighted by atomic mass is 10.2. The van der Waals surface area contributed by atoms with Crippen molar-refractivity contribution in [1.29, 1.82) is 0 Å². The fourth-order valence-corrected chi connectivity index (χ4v) is 1.88. The van der Waals surface area contributed by atoms with Crippen molar-refractivity contribution in [2.45, 2.75) is 18.7 Å². The molecule has 0 radical (unpaired) electrons. The summed E-state index contributed by atoms with van der Waals surface area (Å²) in [7, 11) is -4.38. The van der Waals surface area contributed by atoms with E-state index in [-0.39, 0.29) is 11.6 Å². The zero-order valence-corrected chi connectivity index (χ0v) is 9.63. The normalized spacial score (nSPS) is 11.2. The van der Waals surface area contributed by atoms with Gasteiger partial charge in [-0.05, 0) is 24.6 Å². The molecule has 4 N–H and O–H groups in total. The summed E-state index contributed by atoms with van der Waals surface area (Å²) in [6.07, 6.45) is 0. The lowest BCUT2D eigenvalue weighted by Crippen LogP contribution is -2.10. The number of aryl methyl sites for hydroxylation is 1. The van der Waals surface area contributed by atoms with Gasteiger partial charge in [0.25, 0.3) is 10.1 Å². The van der Waals surface area contributed by atoms with Gasteiger partial charge in [-0.25, -0.2) is 0 Å². The fraction of sp³-hybridized carbons (Fsp3) is 0.222. The Bertz CT molecular complexity index is 537. The number of nitrogen functional groups attached to an aromatic ring is 1. The number of rotatable bonds is 2. The van der Waals surface area contributed by atoms with Crippen LogP contribution in [-0.2, 0) is 14.9 Å².